The number of amides is 3. The van der Waals surface area contributed by atoms with Crippen LogP contribution in [0.15, 0.2) is 24.3 Å². The summed E-state index contributed by atoms with van der Waals surface area (Å²) >= 11 is 0. The number of hydrogen-bond donors (Lipinski definition) is 4. The molecule has 0 spiro atoms. The Kier molecular flexibility index (Phi) is 8.93. The van der Waals surface area contributed by atoms with Gasteiger partial charge in [-0.05, 0) is 38.1 Å². The van der Waals surface area contributed by atoms with Gasteiger partial charge in [0.05, 0.1) is 38.0 Å². The summed E-state index contributed by atoms with van der Waals surface area (Å²) in [6.45, 7) is 6.86. The standard InChI is InChI=1S/C21H26N6O4.C2HF3O2/c1-3-22-20(28)23-15-6-4-14(5-7-15)18-24-17-11-26(21(29)30)10-16(17)19(25-18)27-8-9-31-12-13(27)2;3-2(4,5)1(6)7/h4-7,13H,3,8-12H2,1-2H3,(H,29,30)(H2,22,23,28);(H,6,7). The number of urea groups is 1. The number of fused-ring (bicyclic) bond motifs is 1. The highest BCUT2D eigenvalue weighted by Crippen LogP contribution is 2.33. The van der Waals surface area contributed by atoms with Crippen LogP contribution in [0.3, 0.4) is 0 Å². The van der Waals surface area contributed by atoms with Crippen LogP contribution >= 0.6 is 0 Å². The van der Waals surface area contributed by atoms with Crippen molar-refractivity contribution in [2.24, 2.45) is 0 Å². The number of carbonyl (C=O) groups is 3. The highest BCUT2D eigenvalue weighted by molar-refractivity contribution is 5.89. The fourth-order valence-corrected chi connectivity index (χ4v) is 3.82. The zero-order valence-electron chi connectivity index (χ0n) is 20.6. The van der Waals surface area contributed by atoms with Crippen LogP contribution in [0.2, 0.25) is 0 Å². The number of rotatable bonds is 4. The van der Waals surface area contributed by atoms with Crippen LogP contribution in [-0.2, 0) is 22.6 Å². The SMILES string of the molecule is CCNC(=O)Nc1ccc(-c2nc3c(c(N4CCOCC4C)n2)CN(C(=O)O)C3)cc1.O=C(O)C(F)(F)F. The Balaban J connectivity index is 0.000000505. The van der Waals surface area contributed by atoms with Crippen molar-refractivity contribution >= 4 is 29.6 Å². The fourth-order valence-electron chi connectivity index (χ4n) is 3.82. The minimum Gasteiger partial charge on any atom is -0.475 e. The van der Waals surface area contributed by atoms with E-state index in [1.807, 2.05) is 19.1 Å². The quantitative estimate of drug-likeness (QED) is 0.457. The number of aromatic nitrogens is 2. The zero-order chi connectivity index (χ0) is 28.0. The molecule has 1 unspecified atom stereocenters. The third-order valence-corrected chi connectivity index (χ3v) is 5.65. The van der Waals surface area contributed by atoms with Crippen LogP contribution in [0.5, 0.6) is 0 Å². The number of hydrogen-bond acceptors (Lipinski definition) is 7. The molecule has 0 saturated carbocycles. The Morgan fingerprint density at radius 2 is 1.79 bits per heavy atom. The van der Waals surface area contributed by atoms with Crippen LogP contribution in [-0.4, -0.2) is 81.7 Å². The molecule has 206 valence electrons. The highest BCUT2D eigenvalue weighted by atomic mass is 19.4. The van der Waals surface area contributed by atoms with Gasteiger partial charge in [0, 0.05) is 29.9 Å². The van der Waals surface area contributed by atoms with Gasteiger partial charge >= 0.3 is 24.3 Å². The van der Waals surface area contributed by atoms with Crippen molar-refractivity contribution in [1.29, 1.82) is 0 Å². The summed E-state index contributed by atoms with van der Waals surface area (Å²) < 4.78 is 37.3. The number of alkyl halides is 3. The number of nitrogens with one attached hydrogen (secondary N) is 2. The van der Waals surface area contributed by atoms with Gasteiger partial charge in [-0.1, -0.05) is 0 Å². The summed E-state index contributed by atoms with van der Waals surface area (Å²) in [6.07, 6.45) is -6.05. The molecule has 2 aliphatic rings. The third-order valence-electron chi connectivity index (χ3n) is 5.65. The van der Waals surface area contributed by atoms with Crippen molar-refractivity contribution in [3.05, 3.63) is 35.5 Å². The number of halogens is 3. The number of carboxylic acid groups (broad SMARTS) is 2. The van der Waals surface area contributed by atoms with Gasteiger partial charge in [-0.3, -0.25) is 4.90 Å². The smallest absolute Gasteiger partial charge is 0.475 e. The summed E-state index contributed by atoms with van der Waals surface area (Å²) in [5.74, 6) is -1.46. The molecule has 15 heteroatoms. The molecule has 3 heterocycles. The van der Waals surface area contributed by atoms with Crippen LogP contribution in [0.4, 0.5) is 34.3 Å². The summed E-state index contributed by atoms with van der Waals surface area (Å²) in [7, 11) is 0. The Labute approximate surface area is 215 Å². The van der Waals surface area contributed by atoms with Gasteiger partial charge in [-0.25, -0.2) is 24.4 Å². The van der Waals surface area contributed by atoms with E-state index in [-0.39, 0.29) is 25.2 Å². The van der Waals surface area contributed by atoms with Gasteiger partial charge in [-0.15, -0.1) is 0 Å². The largest absolute Gasteiger partial charge is 0.490 e. The average Bonchev–Trinajstić information content (AvgIpc) is 3.29. The molecule has 1 fully saturated rings. The van der Waals surface area contributed by atoms with Crippen molar-refractivity contribution in [1.82, 2.24) is 20.2 Å². The normalized spacial score (nSPS) is 16.7. The van der Waals surface area contributed by atoms with Gasteiger partial charge in [0.15, 0.2) is 5.82 Å². The lowest BCUT2D eigenvalue weighted by molar-refractivity contribution is -0.192. The fraction of sp³-hybridized carbons (Fsp3) is 0.435. The Bertz CT molecular complexity index is 1180. The van der Waals surface area contributed by atoms with Crippen LogP contribution in [0.1, 0.15) is 25.1 Å². The summed E-state index contributed by atoms with van der Waals surface area (Å²) in [4.78, 5) is 45.2. The first-order valence-corrected chi connectivity index (χ1v) is 11.6. The Morgan fingerprint density at radius 1 is 1.13 bits per heavy atom. The van der Waals surface area contributed by atoms with Crippen LogP contribution in [0, 0.1) is 0 Å². The molecule has 4 rings (SSSR count). The third kappa shape index (κ3) is 7.00. The van der Waals surface area contributed by atoms with E-state index < -0.39 is 18.2 Å². The molecule has 0 radical (unpaired) electrons. The van der Waals surface area contributed by atoms with Gasteiger partial charge in [-0.2, -0.15) is 13.2 Å². The molecule has 1 aromatic heterocycles. The zero-order valence-corrected chi connectivity index (χ0v) is 20.6. The molecule has 3 amide bonds. The van der Waals surface area contributed by atoms with Crippen molar-refractivity contribution < 1.29 is 42.5 Å². The molecule has 1 atom stereocenters. The average molecular weight is 540 g/mol. The molecular formula is C23H27F3N6O6. The molecule has 1 aromatic carbocycles. The molecule has 2 aromatic rings. The second kappa shape index (κ2) is 11.9. The lowest BCUT2D eigenvalue weighted by atomic mass is 10.1. The van der Waals surface area contributed by atoms with E-state index in [1.165, 1.54) is 4.90 Å². The van der Waals surface area contributed by atoms with E-state index in [4.69, 9.17) is 19.6 Å². The number of ether oxygens (including phenoxy) is 1. The number of aliphatic carboxylic acids is 1. The van der Waals surface area contributed by atoms with E-state index in [9.17, 15) is 27.9 Å². The van der Waals surface area contributed by atoms with E-state index in [1.54, 1.807) is 12.1 Å². The van der Waals surface area contributed by atoms with Crippen molar-refractivity contribution in [2.45, 2.75) is 39.2 Å². The van der Waals surface area contributed by atoms with Gasteiger partial charge in [0.2, 0.25) is 0 Å². The van der Waals surface area contributed by atoms with Crippen molar-refractivity contribution in [3.8, 4) is 11.4 Å². The maximum Gasteiger partial charge on any atom is 0.490 e. The molecule has 4 N–H and O–H groups in total. The first-order chi connectivity index (χ1) is 17.9. The predicted molar refractivity (Wildman–Crippen MR) is 129 cm³/mol. The van der Waals surface area contributed by atoms with Crippen LogP contribution < -0.4 is 15.5 Å². The minimum absolute atomic E-state index is 0.128. The second-order valence-electron chi connectivity index (χ2n) is 8.42. The Morgan fingerprint density at radius 3 is 2.34 bits per heavy atom. The van der Waals surface area contributed by atoms with Crippen molar-refractivity contribution in [2.75, 3.05) is 36.5 Å². The summed E-state index contributed by atoms with van der Waals surface area (Å²) in [6, 6.07) is 7.15. The second-order valence-corrected chi connectivity index (χ2v) is 8.42. The first-order valence-electron chi connectivity index (χ1n) is 11.6. The number of morpholine rings is 1. The minimum atomic E-state index is -5.08. The maximum atomic E-state index is 11.7. The number of anilines is 2. The monoisotopic (exact) mass is 540 g/mol. The highest BCUT2D eigenvalue weighted by Gasteiger charge is 2.38. The van der Waals surface area contributed by atoms with Crippen molar-refractivity contribution in [3.63, 3.8) is 0 Å². The summed E-state index contributed by atoms with van der Waals surface area (Å²) in [5, 5.41) is 22.0. The molecular weight excluding hydrogens is 513 g/mol. The van der Waals surface area contributed by atoms with E-state index in [0.717, 1.165) is 22.6 Å². The molecule has 2 aliphatic heterocycles. The molecule has 1 saturated heterocycles. The summed E-state index contributed by atoms with van der Waals surface area (Å²) in [5.41, 5.74) is 3.04. The maximum absolute atomic E-state index is 11.7. The molecule has 0 bridgehead atoms. The first kappa shape index (κ1) is 28.4. The number of nitrogens with zero attached hydrogens (tertiary/aromatic N) is 4. The van der Waals surface area contributed by atoms with Gasteiger partial charge in [0.1, 0.15) is 5.82 Å². The molecule has 12 nitrogen and oxygen atoms in total. The van der Waals surface area contributed by atoms with Crippen LogP contribution in [0.25, 0.3) is 11.4 Å². The Hall–Kier alpha value is -4.14. The molecule has 0 aliphatic carbocycles. The number of carbonyl (C=O) groups excluding carboxylic acids is 1. The van der Waals surface area contributed by atoms with Gasteiger partial charge < -0.3 is 30.5 Å². The lowest BCUT2D eigenvalue weighted by Crippen LogP contribution is -2.44. The predicted octanol–water partition coefficient (Wildman–Crippen LogP) is 3.14. The number of benzene rings is 1. The topological polar surface area (TPSA) is 157 Å². The van der Waals surface area contributed by atoms with E-state index in [2.05, 4.69) is 27.4 Å². The number of carboxylic acids is 1. The van der Waals surface area contributed by atoms with E-state index >= 15 is 0 Å². The molecule has 38 heavy (non-hydrogen) atoms. The van der Waals surface area contributed by atoms with E-state index in [0.29, 0.717) is 37.8 Å². The lowest BCUT2D eigenvalue weighted by Gasteiger charge is -2.35. The van der Waals surface area contributed by atoms with Gasteiger partial charge in [0.25, 0.3) is 0 Å².